The molecular formula is C19H20N4O2. The summed E-state index contributed by atoms with van der Waals surface area (Å²) < 4.78 is 5.05. The third kappa shape index (κ3) is 3.07. The van der Waals surface area contributed by atoms with Gasteiger partial charge in [-0.1, -0.05) is 12.1 Å². The van der Waals surface area contributed by atoms with Gasteiger partial charge in [-0.3, -0.25) is 4.79 Å². The fraction of sp³-hybridized carbons (Fsp3) is 0.316. The molecule has 6 nitrogen and oxygen atoms in total. The molecular weight excluding hydrogens is 316 g/mol. The highest BCUT2D eigenvalue weighted by atomic mass is 16.5. The number of benzene rings is 1. The summed E-state index contributed by atoms with van der Waals surface area (Å²) in [7, 11) is 1.56. The summed E-state index contributed by atoms with van der Waals surface area (Å²) in [5.74, 6) is 1.72. The number of amides is 1. The third-order valence-corrected chi connectivity index (χ3v) is 4.70. The zero-order valence-electron chi connectivity index (χ0n) is 14.1. The zero-order chi connectivity index (χ0) is 17.2. The van der Waals surface area contributed by atoms with Gasteiger partial charge in [-0.15, -0.1) is 0 Å². The number of nitrogens with one attached hydrogen (secondary N) is 1. The maximum absolute atomic E-state index is 12.8. The predicted octanol–water partition coefficient (Wildman–Crippen LogP) is 2.99. The number of pyridine rings is 1. The molecule has 1 N–H and O–H groups in total. The molecule has 0 saturated carbocycles. The zero-order valence-corrected chi connectivity index (χ0v) is 14.1. The molecule has 1 fully saturated rings. The van der Waals surface area contributed by atoms with Gasteiger partial charge in [0.25, 0.3) is 5.91 Å². The van der Waals surface area contributed by atoms with Crippen LogP contribution in [-0.2, 0) is 0 Å². The minimum Gasteiger partial charge on any atom is -0.481 e. The van der Waals surface area contributed by atoms with E-state index in [1.165, 1.54) is 0 Å². The number of rotatable bonds is 3. The van der Waals surface area contributed by atoms with Gasteiger partial charge in [0, 0.05) is 31.3 Å². The Morgan fingerprint density at radius 3 is 2.92 bits per heavy atom. The molecule has 3 aromatic rings. The summed E-state index contributed by atoms with van der Waals surface area (Å²) in [6.45, 7) is 1.44. The van der Waals surface area contributed by atoms with E-state index < -0.39 is 0 Å². The Morgan fingerprint density at radius 2 is 2.16 bits per heavy atom. The number of nitrogens with zero attached hydrogens (tertiary/aromatic N) is 3. The van der Waals surface area contributed by atoms with Gasteiger partial charge in [0.15, 0.2) is 0 Å². The van der Waals surface area contributed by atoms with Crippen molar-refractivity contribution in [2.24, 2.45) is 0 Å². The van der Waals surface area contributed by atoms with Crippen LogP contribution in [0.3, 0.4) is 0 Å². The molecule has 128 valence electrons. The Morgan fingerprint density at radius 1 is 1.28 bits per heavy atom. The van der Waals surface area contributed by atoms with E-state index in [1.54, 1.807) is 25.4 Å². The number of carbonyl (C=O) groups is 1. The Bertz CT molecular complexity index is 855. The molecule has 2 aromatic heterocycles. The molecule has 0 spiro atoms. The lowest BCUT2D eigenvalue weighted by atomic mass is 9.97. The Labute approximate surface area is 145 Å². The standard InChI is InChI=1S/C19H20N4O2/c1-25-17-9-8-13(11-20-17)19(24)23-10-4-5-14(12-23)18-21-15-6-2-3-7-16(15)22-18/h2-3,6-9,11,14H,4-5,10,12H2,1H3,(H,21,22)/t14-/m0/s1. The van der Waals surface area contributed by atoms with Crippen LogP contribution < -0.4 is 4.74 Å². The maximum Gasteiger partial charge on any atom is 0.255 e. The molecule has 0 bridgehead atoms. The number of aromatic amines is 1. The third-order valence-electron chi connectivity index (χ3n) is 4.70. The molecule has 3 heterocycles. The Kier molecular flexibility index (Phi) is 4.09. The lowest BCUT2D eigenvalue weighted by Gasteiger charge is -2.31. The fourth-order valence-electron chi connectivity index (χ4n) is 3.36. The van der Waals surface area contributed by atoms with Crippen LogP contribution in [0, 0.1) is 0 Å². The van der Waals surface area contributed by atoms with Crippen LogP contribution in [0.15, 0.2) is 42.6 Å². The first-order chi connectivity index (χ1) is 12.2. The van der Waals surface area contributed by atoms with E-state index in [9.17, 15) is 4.79 Å². The van der Waals surface area contributed by atoms with Crippen molar-refractivity contribution >= 4 is 16.9 Å². The lowest BCUT2D eigenvalue weighted by Crippen LogP contribution is -2.39. The number of imidazole rings is 1. The number of hydrogen-bond donors (Lipinski definition) is 1. The van der Waals surface area contributed by atoms with E-state index >= 15 is 0 Å². The lowest BCUT2D eigenvalue weighted by molar-refractivity contribution is 0.0704. The van der Waals surface area contributed by atoms with Crippen molar-refractivity contribution in [1.29, 1.82) is 0 Å². The second kappa shape index (κ2) is 6.55. The SMILES string of the molecule is COc1ccc(C(=O)N2CCC[C@H](c3nc4ccccc4[nH]3)C2)cn1. The molecule has 1 aliphatic heterocycles. The first kappa shape index (κ1) is 15.6. The van der Waals surface area contributed by atoms with E-state index in [-0.39, 0.29) is 11.8 Å². The Balaban J connectivity index is 1.52. The topological polar surface area (TPSA) is 71.1 Å². The number of aromatic nitrogens is 3. The van der Waals surface area contributed by atoms with Gasteiger partial charge in [0.1, 0.15) is 5.82 Å². The maximum atomic E-state index is 12.8. The van der Waals surface area contributed by atoms with E-state index in [0.29, 0.717) is 18.0 Å². The smallest absolute Gasteiger partial charge is 0.255 e. The van der Waals surface area contributed by atoms with Gasteiger partial charge in [-0.25, -0.2) is 9.97 Å². The average molecular weight is 336 g/mol. The van der Waals surface area contributed by atoms with Crippen molar-refractivity contribution in [3.63, 3.8) is 0 Å². The van der Waals surface area contributed by atoms with Gasteiger partial charge in [-0.05, 0) is 31.0 Å². The summed E-state index contributed by atoms with van der Waals surface area (Å²) in [5.41, 5.74) is 2.60. The van der Waals surface area contributed by atoms with Gasteiger partial charge in [-0.2, -0.15) is 0 Å². The van der Waals surface area contributed by atoms with E-state index in [4.69, 9.17) is 9.72 Å². The molecule has 0 unspecified atom stereocenters. The first-order valence-electron chi connectivity index (χ1n) is 8.48. The quantitative estimate of drug-likeness (QED) is 0.798. The molecule has 25 heavy (non-hydrogen) atoms. The van der Waals surface area contributed by atoms with Gasteiger partial charge >= 0.3 is 0 Å². The second-order valence-electron chi connectivity index (χ2n) is 6.32. The molecule has 1 atom stereocenters. The van der Waals surface area contributed by atoms with Crippen molar-refractivity contribution in [2.45, 2.75) is 18.8 Å². The van der Waals surface area contributed by atoms with Crippen molar-refractivity contribution in [2.75, 3.05) is 20.2 Å². The van der Waals surface area contributed by atoms with Crippen molar-refractivity contribution in [3.8, 4) is 5.88 Å². The fourth-order valence-corrected chi connectivity index (χ4v) is 3.36. The van der Waals surface area contributed by atoms with E-state index in [0.717, 1.165) is 36.2 Å². The van der Waals surface area contributed by atoms with Crippen molar-refractivity contribution in [3.05, 3.63) is 54.0 Å². The molecule has 6 heteroatoms. The van der Waals surface area contributed by atoms with Gasteiger partial charge < -0.3 is 14.6 Å². The van der Waals surface area contributed by atoms with Crippen molar-refractivity contribution in [1.82, 2.24) is 19.9 Å². The average Bonchev–Trinajstić information content (AvgIpc) is 3.12. The van der Waals surface area contributed by atoms with Crippen LogP contribution in [0.2, 0.25) is 0 Å². The number of piperidine rings is 1. The number of ether oxygens (including phenoxy) is 1. The normalized spacial score (nSPS) is 17.6. The van der Waals surface area contributed by atoms with Crippen molar-refractivity contribution < 1.29 is 9.53 Å². The molecule has 4 rings (SSSR count). The summed E-state index contributed by atoms with van der Waals surface area (Å²) in [4.78, 5) is 26.9. The van der Waals surface area contributed by atoms with Crippen LogP contribution in [0.1, 0.15) is 34.9 Å². The van der Waals surface area contributed by atoms with Crippen LogP contribution in [0.4, 0.5) is 0 Å². The van der Waals surface area contributed by atoms with Crippen LogP contribution in [0.5, 0.6) is 5.88 Å². The Hall–Kier alpha value is -2.89. The van der Waals surface area contributed by atoms with E-state index in [2.05, 4.69) is 9.97 Å². The number of carbonyl (C=O) groups excluding carboxylic acids is 1. The second-order valence-corrected chi connectivity index (χ2v) is 6.32. The monoisotopic (exact) mass is 336 g/mol. The number of H-pyrrole nitrogens is 1. The molecule has 1 aromatic carbocycles. The molecule has 1 amide bonds. The summed E-state index contributed by atoms with van der Waals surface area (Å²) in [6.07, 6.45) is 3.58. The summed E-state index contributed by atoms with van der Waals surface area (Å²) >= 11 is 0. The largest absolute Gasteiger partial charge is 0.481 e. The highest BCUT2D eigenvalue weighted by Gasteiger charge is 2.27. The summed E-state index contributed by atoms with van der Waals surface area (Å²) in [6, 6.07) is 11.5. The van der Waals surface area contributed by atoms with Crippen LogP contribution in [0.25, 0.3) is 11.0 Å². The van der Waals surface area contributed by atoms with Gasteiger partial charge in [0.2, 0.25) is 5.88 Å². The highest BCUT2D eigenvalue weighted by Crippen LogP contribution is 2.27. The molecule has 0 aliphatic carbocycles. The molecule has 1 saturated heterocycles. The van der Waals surface area contributed by atoms with Crippen LogP contribution in [-0.4, -0.2) is 46.0 Å². The van der Waals surface area contributed by atoms with E-state index in [1.807, 2.05) is 29.2 Å². The number of hydrogen-bond acceptors (Lipinski definition) is 4. The van der Waals surface area contributed by atoms with Gasteiger partial charge in [0.05, 0.1) is 23.7 Å². The summed E-state index contributed by atoms with van der Waals surface area (Å²) in [5, 5.41) is 0. The predicted molar refractivity (Wildman–Crippen MR) is 94.8 cm³/mol. The highest BCUT2D eigenvalue weighted by molar-refractivity contribution is 5.94. The number of fused-ring (bicyclic) bond motifs is 1. The minimum atomic E-state index is 0.0102. The minimum absolute atomic E-state index is 0.0102. The first-order valence-corrected chi connectivity index (χ1v) is 8.48. The molecule has 0 radical (unpaired) electrons. The number of methoxy groups -OCH3 is 1. The number of likely N-dealkylation sites (tertiary alicyclic amines) is 1. The molecule has 1 aliphatic rings. The number of para-hydroxylation sites is 2. The van der Waals surface area contributed by atoms with Crippen LogP contribution >= 0.6 is 0 Å².